The molecule has 38 heavy (non-hydrogen) atoms. The predicted octanol–water partition coefficient (Wildman–Crippen LogP) is 4.75. The Balaban J connectivity index is 1.49. The van der Waals surface area contributed by atoms with Gasteiger partial charge in [0.1, 0.15) is 30.8 Å². The third-order valence-corrected chi connectivity index (χ3v) is 6.76. The first-order valence-corrected chi connectivity index (χ1v) is 12.4. The Morgan fingerprint density at radius 1 is 1.05 bits per heavy atom. The number of benzene rings is 3. The Labute approximate surface area is 225 Å². The van der Waals surface area contributed by atoms with Crippen LogP contribution in [0.15, 0.2) is 82.3 Å². The van der Waals surface area contributed by atoms with Crippen LogP contribution in [0.1, 0.15) is 16.7 Å². The van der Waals surface area contributed by atoms with Gasteiger partial charge in [0.2, 0.25) is 0 Å². The molecular weight excluding hydrogens is 532 g/mol. The average Bonchev–Trinajstić information content (AvgIpc) is 3.21. The molecule has 0 spiro atoms. The van der Waals surface area contributed by atoms with Gasteiger partial charge in [0, 0.05) is 11.1 Å². The minimum atomic E-state index is -1.52. The molecule has 0 aliphatic rings. The molecule has 11 heteroatoms. The zero-order chi connectivity index (χ0) is 27.2. The van der Waals surface area contributed by atoms with Crippen molar-refractivity contribution in [2.75, 3.05) is 13.7 Å². The van der Waals surface area contributed by atoms with Crippen LogP contribution in [0.4, 0.5) is 0 Å². The quantitative estimate of drug-likeness (QED) is 0.0955. The lowest BCUT2D eigenvalue weighted by Gasteiger charge is -2.10. The normalized spacial score (nSPS) is 11.3. The van der Waals surface area contributed by atoms with E-state index >= 15 is 0 Å². The molecule has 0 aliphatic heterocycles. The van der Waals surface area contributed by atoms with Crippen LogP contribution in [0, 0.1) is 0 Å². The van der Waals surface area contributed by atoms with Gasteiger partial charge in [-0.2, -0.15) is 0 Å². The van der Waals surface area contributed by atoms with Crippen LogP contribution >= 0.6 is 22.9 Å². The maximum absolute atomic E-state index is 12.7. The van der Waals surface area contributed by atoms with Gasteiger partial charge >= 0.3 is 16.8 Å². The van der Waals surface area contributed by atoms with Crippen molar-refractivity contribution in [3.05, 3.63) is 104 Å². The molecule has 3 aromatic carbocycles. The first kappa shape index (κ1) is 26.6. The highest BCUT2D eigenvalue weighted by atomic mass is 35.5. The summed E-state index contributed by atoms with van der Waals surface area (Å²) in [6.07, 6.45) is 1.06. The van der Waals surface area contributed by atoms with E-state index in [9.17, 15) is 14.4 Å². The number of nitrogens with zero attached hydrogens (tertiary/aromatic N) is 2. The van der Waals surface area contributed by atoms with Gasteiger partial charge in [-0.05, 0) is 42.0 Å². The van der Waals surface area contributed by atoms with Gasteiger partial charge in [-0.1, -0.05) is 64.5 Å². The molecule has 0 radical (unpaired) electrons. The molecule has 0 fully saturated rings. The SMILES string of the molecule is CO/N=C(\c1ccc2c(c1)sc(=O)n2CCOc1ccc(C=C(C(=O)O)C(=O)O)cc1)c1ccccc1Cl. The van der Waals surface area contributed by atoms with Crippen LogP contribution < -0.4 is 9.61 Å². The molecule has 0 aliphatic carbocycles. The molecule has 0 bridgehead atoms. The Hall–Kier alpha value is -4.41. The number of hydrogen-bond acceptors (Lipinski definition) is 7. The second-order valence-corrected chi connectivity index (χ2v) is 9.29. The molecule has 4 aromatic rings. The second-order valence-electron chi connectivity index (χ2n) is 7.89. The molecule has 0 amide bonds. The highest BCUT2D eigenvalue weighted by Gasteiger charge is 2.16. The lowest BCUT2D eigenvalue weighted by atomic mass is 10.0. The second kappa shape index (κ2) is 11.8. The summed E-state index contributed by atoms with van der Waals surface area (Å²) in [5.41, 5.74) is 2.42. The van der Waals surface area contributed by atoms with Gasteiger partial charge in [-0.3, -0.25) is 9.36 Å². The third-order valence-electron chi connectivity index (χ3n) is 5.49. The van der Waals surface area contributed by atoms with Gasteiger partial charge in [0.15, 0.2) is 0 Å². The number of carbonyl (C=O) groups is 2. The number of hydrogen-bond donors (Lipinski definition) is 2. The smallest absolute Gasteiger partial charge is 0.343 e. The van der Waals surface area contributed by atoms with Crippen LogP contribution in [-0.2, 0) is 21.0 Å². The summed E-state index contributed by atoms with van der Waals surface area (Å²) in [6.45, 7) is 0.500. The van der Waals surface area contributed by atoms with Crippen molar-refractivity contribution < 1.29 is 29.4 Å². The number of oxime groups is 1. The fourth-order valence-corrected chi connectivity index (χ4v) is 4.91. The van der Waals surface area contributed by atoms with Crippen LogP contribution in [0.3, 0.4) is 0 Å². The number of rotatable bonds is 10. The van der Waals surface area contributed by atoms with E-state index in [-0.39, 0.29) is 11.5 Å². The van der Waals surface area contributed by atoms with E-state index in [0.717, 1.165) is 33.2 Å². The van der Waals surface area contributed by atoms with E-state index in [0.29, 0.717) is 34.2 Å². The summed E-state index contributed by atoms with van der Waals surface area (Å²) in [5.74, 6) is -2.56. The Kier molecular flexibility index (Phi) is 8.25. The number of halogens is 1. The van der Waals surface area contributed by atoms with E-state index in [1.54, 1.807) is 34.9 Å². The van der Waals surface area contributed by atoms with Crippen LogP contribution in [0.5, 0.6) is 5.75 Å². The number of carboxylic acids is 2. The van der Waals surface area contributed by atoms with Crippen molar-refractivity contribution >= 4 is 56.9 Å². The summed E-state index contributed by atoms with van der Waals surface area (Å²) in [6, 6.07) is 19.1. The molecule has 4 rings (SSSR count). The van der Waals surface area contributed by atoms with E-state index in [1.807, 2.05) is 36.4 Å². The van der Waals surface area contributed by atoms with Crippen LogP contribution in [0.25, 0.3) is 16.3 Å². The van der Waals surface area contributed by atoms with Gasteiger partial charge in [-0.25, -0.2) is 9.59 Å². The lowest BCUT2D eigenvalue weighted by Crippen LogP contribution is -2.17. The molecule has 0 saturated heterocycles. The first-order valence-electron chi connectivity index (χ1n) is 11.2. The summed E-state index contributed by atoms with van der Waals surface area (Å²) in [5, 5.41) is 22.6. The number of aromatic nitrogens is 1. The Morgan fingerprint density at radius 2 is 1.76 bits per heavy atom. The van der Waals surface area contributed by atoms with Crippen molar-refractivity contribution in [1.82, 2.24) is 4.57 Å². The van der Waals surface area contributed by atoms with Gasteiger partial charge < -0.3 is 19.8 Å². The standard InChI is InChI=1S/C27H21ClN2O7S/c1-36-29-24(19-4-2-3-5-21(19)28)17-8-11-22-23(15-17)38-27(35)30(22)12-13-37-18-9-6-16(7-10-18)14-20(25(31)32)26(33)34/h2-11,14-15H,12-13H2,1H3,(H,31,32)(H,33,34)/b29-24+. The minimum absolute atomic E-state index is 0.140. The Bertz CT molecular complexity index is 1600. The number of thiazole rings is 1. The molecule has 9 nitrogen and oxygen atoms in total. The van der Waals surface area contributed by atoms with Crippen molar-refractivity contribution in [3.8, 4) is 5.75 Å². The fourth-order valence-electron chi connectivity index (χ4n) is 3.72. The molecular formula is C27H21ClN2O7S. The maximum Gasteiger partial charge on any atom is 0.343 e. The van der Waals surface area contributed by atoms with Crippen LogP contribution in [-0.4, -0.2) is 46.1 Å². The van der Waals surface area contributed by atoms with E-state index in [2.05, 4.69) is 5.16 Å². The largest absolute Gasteiger partial charge is 0.492 e. The molecule has 0 unspecified atom stereocenters. The highest BCUT2D eigenvalue weighted by molar-refractivity contribution is 7.16. The molecule has 1 aromatic heterocycles. The maximum atomic E-state index is 12.7. The molecule has 0 saturated carbocycles. The van der Waals surface area contributed by atoms with Crippen LogP contribution in [0.2, 0.25) is 5.02 Å². The van der Waals surface area contributed by atoms with Crippen molar-refractivity contribution in [3.63, 3.8) is 0 Å². The summed E-state index contributed by atoms with van der Waals surface area (Å²) < 4.78 is 8.14. The first-order chi connectivity index (χ1) is 18.3. The topological polar surface area (TPSA) is 127 Å². The lowest BCUT2D eigenvalue weighted by molar-refractivity contribution is -0.140. The molecule has 2 N–H and O–H groups in total. The highest BCUT2D eigenvalue weighted by Crippen LogP contribution is 2.25. The summed E-state index contributed by atoms with van der Waals surface area (Å²) in [7, 11) is 1.46. The van der Waals surface area contributed by atoms with Crippen molar-refractivity contribution in [2.24, 2.45) is 5.16 Å². The number of carboxylic acid groups (broad SMARTS) is 2. The van der Waals surface area contributed by atoms with E-state index in [4.69, 9.17) is 31.4 Å². The molecule has 0 atom stereocenters. The zero-order valence-electron chi connectivity index (χ0n) is 20.0. The summed E-state index contributed by atoms with van der Waals surface area (Å²) >= 11 is 7.47. The van der Waals surface area contributed by atoms with Crippen molar-refractivity contribution in [2.45, 2.75) is 6.54 Å². The monoisotopic (exact) mass is 552 g/mol. The summed E-state index contributed by atoms with van der Waals surface area (Å²) in [4.78, 5) is 39.7. The minimum Gasteiger partial charge on any atom is -0.492 e. The van der Waals surface area contributed by atoms with E-state index in [1.165, 1.54) is 7.11 Å². The predicted molar refractivity (Wildman–Crippen MR) is 145 cm³/mol. The number of aliphatic carboxylic acids is 2. The van der Waals surface area contributed by atoms with Crippen molar-refractivity contribution in [1.29, 1.82) is 0 Å². The van der Waals surface area contributed by atoms with Gasteiger partial charge in [0.25, 0.3) is 0 Å². The Morgan fingerprint density at radius 3 is 2.42 bits per heavy atom. The zero-order valence-corrected chi connectivity index (χ0v) is 21.5. The van der Waals surface area contributed by atoms with E-state index < -0.39 is 17.5 Å². The third kappa shape index (κ3) is 5.93. The number of fused-ring (bicyclic) bond motifs is 1. The van der Waals surface area contributed by atoms with Gasteiger partial charge in [0.05, 0.1) is 21.8 Å². The van der Waals surface area contributed by atoms with Gasteiger partial charge in [-0.15, -0.1) is 0 Å². The molecule has 1 heterocycles. The fraction of sp³-hybridized carbons (Fsp3) is 0.111. The average molecular weight is 553 g/mol. The molecule has 194 valence electrons. The number of ether oxygens (including phenoxy) is 1.